The standard InChI is InChI=1S/C14H25N/c1-9-11(2)10-12(13(3,4)5)15-14(6,7)8/h9-10H,1H2,2-8H3/b11-10-,15-12?. The molecule has 15 heavy (non-hydrogen) atoms. The van der Waals surface area contributed by atoms with Gasteiger partial charge in [0.25, 0.3) is 0 Å². The highest BCUT2D eigenvalue weighted by Gasteiger charge is 2.19. The van der Waals surface area contributed by atoms with Crippen molar-refractivity contribution in [1.29, 1.82) is 0 Å². The normalized spacial score (nSPS) is 15.4. The van der Waals surface area contributed by atoms with E-state index < -0.39 is 0 Å². The summed E-state index contributed by atoms with van der Waals surface area (Å²) in [7, 11) is 0. The lowest BCUT2D eigenvalue weighted by Crippen LogP contribution is -2.23. The van der Waals surface area contributed by atoms with Crippen molar-refractivity contribution in [3.8, 4) is 0 Å². The van der Waals surface area contributed by atoms with Crippen LogP contribution in [0, 0.1) is 5.41 Å². The van der Waals surface area contributed by atoms with Gasteiger partial charge in [0.2, 0.25) is 0 Å². The predicted molar refractivity (Wildman–Crippen MR) is 70.6 cm³/mol. The van der Waals surface area contributed by atoms with Crippen LogP contribution in [0.3, 0.4) is 0 Å². The molecule has 0 aliphatic carbocycles. The van der Waals surface area contributed by atoms with Crippen LogP contribution < -0.4 is 0 Å². The van der Waals surface area contributed by atoms with E-state index in [1.54, 1.807) is 0 Å². The van der Waals surface area contributed by atoms with Gasteiger partial charge in [-0.15, -0.1) is 0 Å². The van der Waals surface area contributed by atoms with E-state index in [-0.39, 0.29) is 11.0 Å². The Morgan fingerprint density at radius 3 is 1.80 bits per heavy atom. The Balaban J connectivity index is 5.28. The lowest BCUT2D eigenvalue weighted by Gasteiger charge is -2.24. The second kappa shape index (κ2) is 4.78. The molecule has 0 amide bonds. The summed E-state index contributed by atoms with van der Waals surface area (Å²) >= 11 is 0. The van der Waals surface area contributed by atoms with Gasteiger partial charge < -0.3 is 0 Å². The monoisotopic (exact) mass is 207 g/mol. The first-order valence-electron chi connectivity index (χ1n) is 5.47. The van der Waals surface area contributed by atoms with Crippen LogP contribution in [0.25, 0.3) is 0 Å². The molecule has 0 aliphatic rings. The summed E-state index contributed by atoms with van der Waals surface area (Å²) in [6, 6.07) is 0. The molecule has 86 valence electrons. The molecule has 0 aromatic heterocycles. The molecule has 0 atom stereocenters. The van der Waals surface area contributed by atoms with E-state index in [1.165, 1.54) is 0 Å². The fourth-order valence-electron chi connectivity index (χ4n) is 1.05. The lowest BCUT2D eigenvalue weighted by molar-refractivity contribution is 0.542. The van der Waals surface area contributed by atoms with Crippen molar-refractivity contribution >= 4 is 5.71 Å². The molecule has 0 aromatic rings. The van der Waals surface area contributed by atoms with Gasteiger partial charge in [0, 0.05) is 11.1 Å². The van der Waals surface area contributed by atoms with Gasteiger partial charge in [-0.3, -0.25) is 4.99 Å². The fourth-order valence-corrected chi connectivity index (χ4v) is 1.05. The third-order valence-electron chi connectivity index (χ3n) is 1.91. The van der Waals surface area contributed by atoms with E-state index in [1.807, 2.05) is 6.08 Å². The average molecular weight is 207 g/mol. The Labute approximate surface area is 95.0 Å². The molecule has 0 spiro atoms. The summed E-state index contributed by atoms with van der Waals surface area (Å²) in [5, 5.41) is 0. The Morgan fingerprint density at radius 2 is 1.53 bits per heavy atom. The molecule has 1 heteroatoms. The Morgan fingerprint density at radius 1 is 1.07 bits per heavy atom. The molecule has 0 bridgehead atoms. The highest BCUT2D eigenvalue weighted by molar-refractivity contribution is 5.99. The molecule has 1 nitrogen and oxygen atoms in total. The van der Waals surface area contributed by atoms with Crippen LogP contribution in [0.4, 0.5) is 0 Å². The molecule has 0 saturated carbocycles. The van der Waals surface area contributed by atoms with Crippen molar-refractivity contribution in [1.82, 2.24) is 0 Å². The van der Waals surface area contributed by atoms with Crippen molar-refractivity contribution in [2.45, 2.75) is 54.0 Å². The van der Waals surface area contributed by atoms with Gasteiger partial charge in [-0.2, -0.15) is 0 Å². The van der Waals surface area contributed by atoms with Gasteiger partial charge >= 0.3 is 0 Å². The molecule has 0 unspecified atom stereocenters. The molecule has 0 aliphatic heterocycles. The molecular weight excluding hydrogens is 182 g/mol. The highest BCUT2D eigenvalue weighted by Crippen LogP contribution is 2.21. The number of hydrogen-bond donors (Lipinski definition) is 0. The van der Waals surface area contributed by atoms with Crippen LogP contribution in [0.1, 0.15) is 48.5 Å². The topological polar surface area (TPSA) is 12.4 Å². The third kappa shape index (κ3) is 6.27. The summed E-state index contributed by atoms with van der Waals surface area (Å²) < 4.78 is 0. The first kappa shape index (κ1) is 14.2. The zero-order chi connectivity index (χ0) is 12.3. The van der Waals surface area contributed by atoms with Crippen molar-refractivity contribution in [2.75, 3.05) is 0 Å². The highest BCUT2D eigenvalue weighted by atomic mass is 14.8. The van der Waals surface area contributed by atoms with Crippen LogP contribution in [0.15, 0.2) is 29.3 Å². The summed E-state index contributed by atoms with van der Waals surface area (Å²) in [6.45, 7) is 18.7. The maximum atomic E-state index is 4.76. The fraction of sp³-hybridized carbons (Fsp3) is 0.643. The Bertz CT molecular complexity index is 279. The second-order valence-electron chi connectivity index (χ2n) is 6.01. The summed E-state index contributed by atoms with van der Waals surface area (Å²) in [4.78, 5) is 4.76. The first-order chi connectivity index (χ1) is 6.56. The van der Waals surface area contributed by atoms with E-state index in [2.05, 4.69) is 61.1 Å². The third-order valence-corrected chi connectivity index (χ3v) is 1.91. The predicted octanol–water partition coefficient (Wildman–Crippen LogP) is 4.40. The van der Waals surface area contributed by atoms with Gasteiger partial charge in [-0.1, -0.05) is 33.4 Å². The van der Waals surface area contributed by atoms with Gasteiger partial charge in [0.15, 0.2) is 0 Å². The van der Waals surface area contributed by atoms with Crippen molar-refractivity contribution in [3.05, 3.63) is 24.3 Å². The van der Waals surface area contributed by atoms with Gasteiger partial charge in [-0.25, -0.2) is 0 Å². The lowest BCUT2D eigenvalue weighted by atomic mass is 9.88. The number of allylic oxidation sites excluding steroid dienone is 3. The van der Waals surface area contributed by atoms with Crippen LogP contribution >= 0.6 is 0 Å². The summed E-state index contributed by atoms with van der Waals surface area (Å²) in [5.74, 6) is 0. The van der Waals surface area contributed by atoms with Crippen LogP contribution in [0.5, 0.6) is 0 Å². The van der Waals surface area contributed by atoms with Crippen LogP contribution in [-0.4, -0.2) is 11.3 Å². The summed E-state index contributed by atoms with van der Waals surface area (Å²) in [6.07, 6.45) is 3.99. The van der Waals surface area contributed by atoms with Gasteiger partial charge in [0.1, 0.15) is 0 Å². The molecule has 0 heterocycles. The summed E-state index contributed by atoms with van der Waals surface area (Å²) in [5.41, 5.74) is 2.35. The second-order valence-corrected chi connectivity index (χ2v) is 6.01. The molecule has 0 radical (unpaired) electrons. The van der Waals surface area contributed by atoms with Crippen LogP contribution in [0.2, 0.25) is 0 Å². The minimum Gasteiger partial charge on any atom is -0.283 e. The van der Waals surface area contributed by atoms with E-state index in [0.29, 0.717) is 0 Å². The Hall–Kier alpha value is -0.850. The van der Waals surface area contributed by atoms with E-state index in [0.717, 1.165) is 11.3 Å². The van der Waals surface area contributed by atoms with Gasteiger partial charge in [-0.05, 0) is 39.3 Å². The zero-order valence-electron chi connectivity index (χ0n) is 11.3. The maximum Gasteiger partial charge on any atom is 0.0527 e. The molecule has 0 saturated heterocycles. The largest absolute Gasteiger partial charge is 0.283 e. The van der Waals surface area contributed by atoms with E-state index in [4.69, 9.17) is 4.99 Å². The van der Waals surface area contributed by atoms with Crippen LogP contribution in [-0.2, 0) is 0 Å². The molecular formula is C14H25N. The number of hydrogen-bond acceptors (Lipinski definition) is 1. The molecule has 0 aromatic carbocycles. The maximum absolute atomic E-state index is 4.76. The quantitative estimate of drug-likeness (QED) is 0.470. The first-order valence-corrected chi connectivity index (χ1v) is 5.47. The van der Waals surface area contributed by atoms with Gasteiger partial charge in [0.05, 0.1) is 5.54 Å². The van der Waals surface area contributed by atoms with Crippen molar-refractivity contribution in [3.63, 3.8) is 0 Å². The van der Waals surface area contributed by atoms with E-state index >= 15 is 0 Å². The van der Waals surface area contributed by atoms with E-state index in [9.17, 15) is 0 Å². The molecule has 0 fully saturated rings. The zero-order valence-corrected chi connectivity index (χ0v) is 11.3. The molecule has 0 N–H and O–H groups in total. The smallest absolute Gasteiger partial charge is 0.0527 e. The SMILES string of the molecule is C=C/C(C)=C\C(=NC(C)(C)C)C(C)(C)C. The number of nitrogens with zero attached hydrogens (tertiary/aromatic N) is 1. The number of aliphatic imine (C=N–C) groups is 1. The van der Waals surface area contributed by atoms with Crippen molar-refractivity contribution < 1.29 is 0 Å². The van der Waals surface area contributed by atoms with Crippen molar-refractivity contribution in [2.24, 2.45) is 10.4 Å². The minimum atomic E-state index is -0.0272. The average Bonchev–Trinajstić information content (AvgIpc) is 1.98. The molecule has 0 rings (SSSR count). The number of rotatable bonds is 2. The minimum absolute atomic E-state index is 0.0272. The Kier molecular flexibility index (Phi) is 4.51.